The van der Waals surface area contributed by atoms with Gasteiger partial charge >= 0.3 is 5.97 Å². The van der Waals surface area contributed by atoms with Crippen molar-refractivity contribution in [2.75, 3.05) is 18.0 Å². The lowest BCUT2D eigenvalue weighted by Crippen LogP contribution is -2.42. The molecule has 2 fully saturated rings. The number of carboxylic acid groups (broad SMARTS) is 1. The number of piperidine rings is 1. The first-order valence-electron chi connectivity index (χ1n) is 7.74. The van der Waals surface area contributed by atoms with Crippen LogP contribution >= 0.6 is 0 Å². The third-order valence-corrected chi connectivity index (χ3v) is 5.02. The van der Waals surface area contributed by atoms with Gasteiger partial charge in [0.2, 0.25) is 0 Å². The van der Waals surface area contributed by atoms with Crippen molar-refractivity contribution in [1.29, 1.82) is 0 Å². The van der Waals surface area contributed by atoms with E-state index >= 15 is 0 Å². The minimum absolute atomic E-state index is 0.449. The Hall–Kier alpha value is -1.51. The van der Waals surface area contributed by atoms with Gasteiger partial charge in [0.25, 0.3) is 0 Å². The average molecular weight is 273 g/mol. The number of carbonyl (C=O) groups is 1. The number of hydrogen-bond donors (Lipinski definition) is 1. The summed E-state index contributed by atoms with van der Waals surface area (Å²) in [5, 5.41) is 9.39. The monoisotopic (exact) mass is 273 g/mol. The van der Waals surface area contributed by atoms with Gasteiger partial charge in [-0.05, 0) is 49.3 Å². The molecular formula is C17H23NO2. The van der Waals surface area contributed by atoms with E-state index in [0.717, 1.165) is 36.2 Å². The standard InChI is InChI=1S/C17H23NO2/c1-12-6-7-15(17(19)20)16(10-12)18-9-8-13-4-2-3-5-14(13)11-18/h6-7,10,13-14H,2-5,8-9,11H2,1H3,(H,19,20). The zero-order valence-corrected chi connectivity index (χ0v) is 12.1. The van der Waals surface area contributed by atoms with Crippen molar-refractivity contribution in [2.24, 2.45) is 11.8 Å². The van der Waals surface area contributed by atoms with Crippen LogP contribution in [0.25, 0.3) is 0 Å². The van der Waals surface area contributed by atoms with Gasteiger partial charge in [-0.15, -0.1) is 0 Å². The molecule has 3 nitrogen and oxygen atoms in total. The number of carboxylic acids is 1. The predicted octanol–water partition coefficient (Wildman–Crippen LogP) is 3.71. The summed E-state index contributed by atoms with van der Waals surface area (Å²) in [4.78, 5) is 13.7. The second-order valence-corrected chi connectivity index (χ2v) is 6.37. The molecule has 0 bridgehead atoms. The van der Waals surface area contributed by atoms with Crippen molar-refractivity contribution in [3.05, 3.63) is 29.3 Å². The van der Waals surface area contributed by atoms with Crippen LogP contribution in [0.15, 0.2) is 18.2 Å². The molecule has 1 aromatic carbocycles. The van der Waals surface area contributed by atoms with E-state index in [1.807, 2.05) is 19.1 Å². The van der Waals surface area contributed by atoms with Gasteiger partial charge in [0.05, 0.1) is 11.3 Å². The maximum absolute atomic E-state index is 11.4. The molecule has 1 aliphatic carbocycles. The summed E-state index contributed by atoms with van der Waals surface area (Å²) >= 11 is 0. The summed E-state index contributed by atoms with van der Waals surface area (Å²) in [6.07, 6.45) is 6.63. The van der Waals surface area contributed by atoms with Crippen LogP contribution in [-0.4, -0.2) is 24.2 Å². The lowest BCUT2D eigenvalue weighted by Gasteiger charge is -2.42. The van der Waals surface area contributed by atoms with E-state index in [-0.39, 0.29) is 0 Å². The molecule has 1 saturated heterocycles. The summed E-state index contributed by atoms with van der Waals surface area (Å²) < 4.78 is 0. The molecule has 3 heteroatoms. The highest BCUT2D eigenvalue weighted by Gasteiger charge is 2.32. The van der Waals surface area contributed by atoms with Crippen LogP contribution in [0.5, 0.6) is 0 Å². The molecule has 3 rings (SSSR count). The summed E-state index contributed by atoms with van der Waals surface area (Å²) in [6.45, 7) is 4.07. The van der Waals surface area contributed by atoms with E-state index in [0.29, 0.717) is 5.56 Å². The van der Waals surface area contributed by atoms with Crippen molar-refractivity contribution in [3.63, 3.8) is 0 Å². The maximum Gasteiger partial charge on any atom is 0.337 e. The molecule has 1 heterocycles. The Morgan fingerprint density at radius 1 is 1.20 bits per heavy atom. The fourth-order valence-electron chi connectivity index (χ4n) is 3.90. The van der Waals surface area contributed by atoms with Gasteiger partial charge in [-0.2, -0.15) is 0 Å². The smallest absolute Gasteiger partial charge is 0.337 e. The lowest BCUT2D eigenvalue weighted by molar-refractivity contribution is 0.0697. The Balaban J connectivity index is 1.85. The van der Waals surface area contributed by atoms with Gasteiger partial charge in [0.15, 0.2) is 0 Å². The minimum Gasteiger partial charge on any atom is -0.478 e. The van der Waals surface area contributed by atoms with Gasteiger partial charge in [0, 0.05) is 13.1 Å². The molecule has 1 aliphatic heterocycles. The second-order valence-electron chi connectivity index (χ2n) is 6.37. The van der Waals surface area contributed by atoms with E-state index in [4.69, 9.17) is 0 Å². The molecule has 1 aromatic rings. The van der Waals surface area contributed by atoms with Crippen LogP contribution in [0.1, 0.15) is 48.0 Å². The molecule has 0 amide bonds. The predicted molar refractivity (Wildman–Crippen MR) is 80.4 cm³/mol. The number of anilines is 1. The van der Waals surface area contributed by atoms with Crippen molar-refractivity contribution in [3.8, 4) is 0 Å². The number of benzene rings is 1. The van der Waals surface area contributed by atoms with Crippen LogP contribution < -0.4 is 4.90 Å². The molecule has 20 heavy (non-hydrogen) atoms. The number of aryl methyl sites for hydroxylation is 1. The number of rotatable bonds is 2. The van der Waals surface area contributed by atoms with Crippen molar-refractivity contribution >= 4 is 11.7 Å². The Labute approximate surface area is 120 Å². The quantitative estimate of drug-likeness (QED) is 0.893. The van der Waals surface area contributed by atoms with E-state index in [2.05, 4.69) is 4.90 Å². The third kappa shape index (κ3) is 2.54. The molecular weight excluding hydrogens is 250 g/mol. The van der Waals surface area contributed by atoms with Gasteiger partial charge in [-0.3, -0.25) is 0 Å². The Kier molecular flexibility index (Phi) is 3.68. The lowest BCUT2D eigenvalue weighted by atomic mass is 9.75. The molecule has 108 valence electrons. The fraction of sp³-hybridized carbons (Fsp3) is 0.588. The first kappa shape index (κ1) is 13.5. The van der Waals surface area contributed by atoms with Crippen LogP contribution in [0, 0.1) is 18.8 Å². The van der Waals surface area contributed by atoms with Gasteiger partial charge in [0.1, 0.15) is 0 Å². The highest BCUT2D eigenvalue weighted by atomic mass is 16.4. The summed E-state index contributed by atoms with van der Waals surface area (Å²) in [6, 6.07) is 5.67. The molecule has 0 aromatic heterocycles. The zero-order valence-electron chi connectivity index (χ0n) is 12.1. The number of hydrogen-bond acceptors (Lipinski definition) is 2. The average Bonchev–Trinajstić information content (AvgIpc) is 2.46. The van der Waals surface area contributed by atoms with E-state index in [1.165, 1.54) is 32.1 Å². The minimum atomic E-state index is -0.814. The normalized spacial score (nSPS) is 26.1. The van der Waals surface area contributed by atoms with Crippen molar-refractivity contribution < 1.29 is 9.90 Å². The molecule has 2 unspecified atom stereocenters. The largest absolute Gasteiger partial charge is 0.478 e. The van der Waals surface area contributed by atoms with Crippen molar-refractivity contribution in [2.45, 2.75) is 39.0 Å². The van der Waals surface area contributed by atoms with E-state index in [9.17, 15) is 9.90 Å². The molecule has 0 radical (unpaired) electrons. The second kappa shape index (κ2) is 5.47. The van der Waals surface area contributed by atoms with Crippen LogP contribution in [0.4, 0.5) is 5.69 Å². The number of aromatic carboxylic acids is 1. The highest BCUT2D eigenvalue weighted by molar-refractivity contribution is 5.94. The van der Waals surface area contributed by atoms with Crippen LogP contribution in [0.3, 0.4) is 0 Å². The summed E-state index contributed by atoms with van der Waals surface area (Å²) in [5.41, 5.74) is 2.50. The Bertz CT molecular complexity index is 512. The fourth-order valence-corrected chi connectivity index (χ4v) is 3.90. The first-order valence-corrected chi connectivity index (χ1v) is 7.74. The van der Waals surface area contributed by atoms with Crippen molar-refractivity contribution in [1.82, 2.24) is 0 Å². The molecule has 1 N–H and O–H groups in total. The number of fused-ring (bicyclic) bond motifs is 1. The highest BCUT2D eigenvalue weighted by Crippen LogP contribution is 2.38. The van der Waals surface area contributed by atoms with Gasteiger partial charge in [-0.1, -0.05) is 25.3 Å². The molecule has 1 saturated carbocycles. The maximum atomic E-state index is 11.4. The Morgan fingerprint density at radius 3 is 2.70 bits per heavy atom. The van der Waals surface area contributed by atoms with Gasteiger partial charge < -0.3 is 10.0 Å². The topological polar surface area (TPSA) is 40.5 Å². The van der Waals surface area contributed by atoms with Gasteiger partial charge in [-0.25, -0.2) is 4.79 Å². The summed E-state index contributed by atoms with van der Waals surface area (Å²) in [7, 11) is 0. The molecule has 2 aliphatic rings. The Morgan fingerprint density at radius 2 is 1.95 bits per heavy atom. The number of nitrogens with zero attached hydrogens (tertiary/aromatic N) is 1. The zero-order chi connectivity index (χ0) is 14.1. The van der Waals surface area contributed by atoms with E-state index < -0.39 is 5.97 Å². The third-order valence-electron chi connectivity index (χ3n) is 5.02. The molecule has 0 spiro atoms. The van der Waals surface area contributed by atoms with Crippen LogP contribution in [0.2, 0.25) is 0 Å². The SMILES string of the molecule is Cc1ccc(C(=O)O)c(N2CCC3CCCCC3C2)c1. The summed E-state index contributed by atoms with van der Waals surface area (Å²) in [5.74, 6) is 0.823. The van der Waals surface area contributed by atoms with E-state index in [1.54, 1.807) is 6.07 Å². The molecule has 2 atom stereocenters. The van der Waals surface area contributed by atoms with Crippen LogP contribution in [-0.2, 0) is 0 Å². The first-order chi connectivity index (χ1) is 9.65.